The number of likely N-dealkylation sites (tertiary alicyclic amines) is 1. The lowest BCUT2D eigenvalue weighted by molar-refractivity contribution is -0.143. The number of ether oxygens (including phenoxy) is 1. The van der Waals surface area contributed by atoms with Crippen molar-refractivity contribution in [1.29, 1.82) is 0 Å². The molecule has 16 heteroatoms. The molecule has 0 aromatic heterocycles. The predicted octanol–water partition coefficient (Wildman–Crippen LogP) is 3.31. The topological polar surface area (TPSA) is 173 Å². The number of oxime groups is 1. The molecule has 3 fully saturated rings. The second kappa shape index (κ2) is 13.5. The van der Waals surface area contributed by atoms with Crippen molar-refractivity contribution in [2.45, 2.75) is 88.8 Å². The summed E-state index contributed by atoms with van der Waals surface area (Å²) in [5.74, 6) is -4.53. The summed E-state index contributed by atoms with van der Waals surface area (Å²) in [7, 11) is -4.12. The number of amides is 4. The van der Waals surface area contributed by atoms with E-state index in [-0.39, 0.29) is 19.6 Å². The largest absolute Gasteiger partial charge is 0.450 e. The van der Waals surface area contributed by atoms with Crippen LogP contribution in [0.1, 0.15) is 64.5 Å². The molecule has 4 amide bonds. The molecule has 3 aliphatic carbocycles. The molecule has 6 rings (SSSR count). The molecule has 3 N–H and O–H groups in total. The molecule has 13 nitrogen and oxygen atoms in total. The van der Waals surface area contributed by atoms with Crippen LogP contribution in [0.15, 0.2) is 53.7 Å². The van der Waals surface area contributed by atoms with Crippen molar-refractivity contribution < 1.29 is 46.0 Å². The molecule has 1 saturated heterocycles. The Balaban J connectivity index is 1.29. The van der Waals surface area contributed by atoms with Crippen LogP contribution < -0.4 is 15.4 Å². The van der Waals surface area contributed by atoms with Crippen LogP contribution in [0.5, 0.6) is 0 Å². The summed E-state index contributed by atoms with van der Waals surface area (Å²) in [5, 5.41) is 8.64. The van der Waals surface area contributed by atoms with E-state index in [1.54, 1.807) is 27.7 Å². The first-order valence-corrected chi connectivity index (χ1v) is 18.4. The highest BCUT2D eigenvalue weighted by atomic mass is 32.2. The van der Waals surface area contributed by atoms with Crippen LogP contribution in [0.4, 0.5) is 13.6 Å². The maximum atomic E-state index is 14.2. The number of hydrogen-bond donors (Lipinski definition) is 3. The Bertz CT molecular complexity index is 1830. The normalized spacial score (nSPS) is 24.3. The minimum atomic E-state index is -4.12. The standard InChI is InChI=1S/C35H41F2N5O8S/c1-5-49-33(46)38-28(34(2,3)4)31(44)42-18-19(50-40-27-23-12-8-6-10-21(23)22-11-7-9-13-24(22)27)16-26(42)30(43)39-35(17-25(35)29(36)37)32(45)41-51(47,48)20-14-15-20/h6-13,19-20,25-26,28-29H,5,14-18H2,1-4H3,(H,38,46)(H,39,43)(H,41,45)/t19-,25+,26+,28-,35+/m1/s1. The van der Waals surface area contributed by atoms with Gasteiger partial charge in [-0.1, -0.05) is 74.5 Å². The van der Waals surface area contributed by atoms with Crippen LogP contribution in [0.2, 0.25) is 0 Å². The van der Waals surface area contributed by atoms with Gasteiger partial charge in [0.1, 0.15) is 29.4 Å². The first-order valence-electron chi connectivity index (χ1n) is 16.9. The van der Waals surface area contributed by atoms with Gasteiger partial charge in [0.15, 0.2) is 0 Å². The van der Waals surface area contributed by atoms with E-state index in [1.807, 2.05) is 53.3 Å². The highest BCUT2D eigenvalue weighted by Gasteiger charge is 2.67. The van der Waals surface area contributed by atoms with E-state index < -0.39 is 87.0 Å². The number of alkyl halides is 2. The van der Waals surface area contributed by atoms with Crippen molar-refractivity contribution in [3.05, 3.63) is 59.7 Å². The molecular weight excluding hydrogens is 688 g/mol. The first kappa shape index (κ1) is 36.2. The summed E-state index contributed by atoms with van der Waals surface area (Å²) in [6, 6.07) is 12.7. The summed E-state index contributed by atoms with van der Waals surface area (Å²) < 4.78 is 60.1. The Morgan fingerprint density at radius 1 is 1.00 bits per heavy atom. The molecule has 0 unspecified atom stereocenters. The Labute approximate surface area is 294 Å². The fourth-order valence-electron chi connectivity index (χ4n) is 6.73. The number of nitrogens with zero attached hydrogens (tertiary/aromatic N) is 2. The molecule has 0 bridgehead atoms. The quantitative estimate of drug-likeness (QED) is 0.252. The number of alkyl carbamates (subject to hydrolysis) is 1. The first-order chi connectivity index (χ1) is 24.1. The van der Waals surface area contributed by atoms with Gasteiger partial charge in [0.2, 0.25) is 28.3 Å². The zero-order valence-electron chi connectivity index (χ0n) is 28.7. The van der Waals surface area contributed by atoms with Gasteiger partial charge in [-0.15, -0.1) is 0 Å². The second-order valence-corrected chi connectivity index (χ2v) is 16.4. The molecule has 4 aliphatic rings. The van der Waals surface area contributed by atoms with Gasteiger partial charge in [0.05, 0.1) is 24.3 Å². The van der Waals surface area contributed by atoms with Crippen LogP contribution >= 0.6 is 0 Å². The summed E-state index contributed by atoms with van der Waals surface area (Å²) in [4.78, 5) is 61.3. The lowest BCUT2D eigenvalue weighted by atomic mass is 9.85. The van der Waals surface area contributed by atoms with E-state index in [0.717, 1.165) is 22.3 Å². The third kappa shape index (κ3) is 7.14. The van der Waals surface area contributed by atoms with Crippen LogP contribution in [-0.4, -0.2) is 91.4 Å². The fourth-order valence-corrected chi connectivity index (χ4v) is 8.09. The predicted molar refractivity (Wildman–Crippen MR) is 181 cm³/mol. The molecule has 0 radical (unpaired) electrons. The van der Waals surface area contributed by atoms with Gasteiger partial charge < -0.3 is 25.1 Å². The van der Waals surface area contributed by atoms with E-state index in [1.165, 1.54) is 4.90 Å². The molecule has 0 spiro atoms. The molecule has 1 heterocycles. The zero-order valence-corrected chi connectivity index (χ0v) is 29.5. The van der Waals surface area contributed by atoms with Crippen LogP contribution in [0, 0.1) is 11.3 Å². The number of rotatable bonds is 11. The van der Waals surface area contributed by atoms with Gasteiger partial charge in [0.25, 0.3) is 5.91 Å². The Morgan fingerprint density at radius 3 is 2.10 bits per heavy atom. The van der Waals surface area contributed by atoms with E-state index in [2.05, 4.69) is 15.8 Å². The van der Waals surface area contributed by atoms with Crippen molar-refractivity contribution in [1.82, 2.24) is 20.3 Å². The molecule has 2 aromatic carbocycles. The Morgan fingerprint density at radius 2 is 1.59 bits per heavy atom. The van der Waals surface area contributed by atoms with Crippen molar-refractivity contribution in [3.8, 4) is 11.1 Å². The summed E-state index contributed by atoms with van der Waals surface area (Å²) in [6.07, 6.45) is -4.74. The van der Waals surface area contributed by atoms with E-state index in [4.69, 9.17) is 9.57 Å². The van der Waals surface area contributed by atoms with E-state index in [0.29, 0.717) is 18.6 Å². The molecule has 51 heavy (non-hydrogen) atoms. The highest BCUT2D eigenvalue weighted by molar-refractivity contribution is 7.91. The molecule has 1 aliphatic heterocycles. The van der Waals surface area contributed by atoms with Crippen molar-refractivity contribution in [2.75, 3.05) is 13.2 Å². The van der Waals surface area contributed by atoms with E-state index in [9.17, 15) is 36.4 Å². The van der Waals surface area contributed by atoms with Crippen LogP contribution in [-0.2, 0) is 34.0 Å². The smallest absolute Gasteiger partial charge is 0.407 e. The Kier molecular flexibility index (Phi) is 9.59. The van der Waals surface area contributed by atoms with Crippen molar-refractivity contribution in [2.24, 2.45) is 16.5 Å². The zero-order chi connectivity index (χ0) is 36.9. The fraction of sp³-hybridized carbons (Fsp3) is 0.514. The molecule has 2 aromatic rings. The van der Waals surface area contributed by atoms with Crippen molar-refractivity contribution in [3.63, 3.8) is 0 Å². The SMILES string of the molecule is CCOC(=O)N[C@H](C(=O)N1C[C@H](ON=C2c3ccccc3-c3ccccc32)C[C@H]1C(=O)N[C@@]1(C(=O)NS(=O)(=O)C2CC2)C[C@H]1C(F)F)C(C)(C)C. The van der Waals surface area contributed by atoms with Gasteiger partial charge in [-0.05, 0) is 42.7 Å². The van der Waals surface area contributed by atoms with Crippen LogP contribution in [0.3, 0.4) is 0 Å². The van der Waals surface area contributed by atoms with E-state index >= 15 is 0 Å². The number of halogens is 2. The summed E-state index contributed by atoms with van der Waals surface area (Å²) in [6.45, 7) is 6.59. The average molecular weight is 730 g/mol. The van der Waals surface area contributed by atoms with Gasteiger partial charge in [-0.2, -0.15) is 0 Å². The average Bonchev–Trinajstić information content (AvgIpc) is 3.99. The third-order valence-corrected chi connectivity index (χ3v) is 11.5. The molecule has 2 saturated carbocycles. The third-order valence-electron chi connectivity index (χ3n) is 9.72. The minimum absolute atomic E-state index is 0.0417. The number of hydrogen-bond acceptors (Lipinski definition) is 9. The molecule has 5 atom stereocenters. The lowest BCUT2D eigenvalue weighted by Gasteiger charge is -2.35. The minimum Gasteiger partial charge on any atom is -0.450 e. The van der Waals surface area contributed by atoms with Gasteiger partial charge in [0, 0.05) is 17.5 Å². The van der Waals surface area contributed by atoms with Gasteiger partial charge >= 0.3 is 6.09 Å². The monoisotopic (exact) mass is 729 g/mol. The summed E-state index contributed by atoms with van der Waals surface area (Å²) >= 11 is 0. The number of nitrogens with one attached hydrogen (secondary N) is 3. The number of benzene rings is 2. The van der Waals surface area contributed by atoms with Gasteiger partial charge in [-0.25, -0.2) is 22.0 Å². The Hall–Kier alpha value is -4.60. The maximum Gasteiger partial charge on any atom is 0.407 e. The maximum absolute atomic E-state index is 14.2. The van der Waals surface area contributed by atoms with Crippen molar-refractivity contribution >= 4 is 39.5 Å². The highest BCUT2D eigenvalue weighted by Crippen LogP contribution is 2.48. The van der Waals surface area contributed by atoms with Crippen LogP contribution in [0.25, 0.3) is 11.1 Å². The molecular formula is C35H41F2N5O8S. The van der Waals surface area contributed by atoms with Gasteiger partial charge in [-0.3, -0.25) is 19.1 Å². The number of carbonyl (C=O) groups excluding carboxylic acids is 4. The second-order valence-electron chi connectivity index (χ2n) is 14.4. The summed E-state index contributed by atoms with van der Waals surface area (Å²) in [5.41, 5.74) is 1.03. The number of sulfonamides is 1. The number of carbonyl (C=O) groups is 4. The molecule has 274 valence electrons. The lowest BCUT2D eigenvalue weighted by Crippen LogP contribution is -2.60. The number of fused-ring (bicyclic) bond motifs is 3.